The van der Waals surface area contributed by atoms with Gasteiger partial charge in [0.05, 0.1) is 47.7 Å². The SMILES string of the molecule is C=C1CCN(c2ccc(C#N)cc2)CC1.C[P+](c1ccccc1)(c1ccccc1)c1ccccc1.N#Cc1ccc(N2CCC(=O)CC2)cc1.N#Cc1ccc(N2CCC(O)CC2)cc1.[Br-].[CH2-]CCC.[H-].[K+].[K][K].[Li+]. The second-order valence-electron chi connectivity index (χ2n) is 17.3. The van der Waals surface area contributed by atoms with Crippen LogP contribution in [0, 0.1) is 40.9 Å². The molecule has 0 radical (unpaired) electrons. The van der Waals surface area contributed by atoms with Gasteiger partial charge in [0.1, 0.15) is 29.0 Å². The first-order chi connectivity index (χ1) is 34.6. The van der Waals surface area contributed by atoms with Crippen LogP contribution in [0.1, 0.15) is 76.4 Å². The number of piperidine rings is 3. The van der Waals surface area contributed by atoms with Gasteiger partial charge >= 0.3 is 133 Å². The zero-order valence-electron chi connectivity index (χ0n) is 45.8. The third-order valence-electron chi connectivity index (χ3n) is 12.5. The van der Waals surface area contributed by atoms with Gasteiger partial charge in [0, 0.05) is 69.2 Å². The van der Waals surface area contributed by atoms with Gasteiger partial charge in [-0.2, -0.15) is 22.2 Å². The minimum absolute atomic E-state index is 0. The molecule has 6 aromatic rings. The average molecular weight is 1140 g/mol. The van der Waals surface area contributed by atoms with E-state index in [-0.39, 0.29) is 94.8 Å². The van der Waals surface area contributed by atoms with E-state index in [1.807, 2.05) is 72.8 Å². The van der Waals surface area contributed by atoms with E-state index in [2.05, 4.69) is 151 Å². The second-order valence-corrected chi connectivity index (χ2v) is 20.9. The van der Waals surface area contributed by atoms with Gasteiger partial charge in [0.2, 0.25) is 0 Å². The number of anilines is 3. The van der Waals surface area contributed by atoms with Gasteiger partial charge in [0.25, 0.3) is 0 Å². The number of aliphatic hydroxyl groups is 1. The summed E-state index contributed by atoms with van der Waals surface area (Å²) < 4.78 is 0. The van der Waals surface area contributed by atoms with Gasteiger partial charge in [-0.05, 0) is 135 Å². The standard InChI is InChI=1S/C19H18P.C13H14N2.C12H14N2O.C12H12N2O.C4H9.BrH.3K.Li.H/c1-20(17-11-5-2-6-12-17,18-13-7-3-8-14-18)19-15-9-4-10-16-19;1-11-6-8-15(9-7-11)13-4-2-12(10-14)3-5-13;2*13-9-10-1-3-11(4-2-10)14-7-5-12(15)6-8-14;1-3-4-2;;;;;;/h2-16H,1H3;2-5H,1,6-9H2;1-4,12,15H,5-8H2;1-4H,5-8H2;1,3-4H2,2H3;1H;;;;;/q+1;;;;-1;;;;2*+1;-1/p-1. The summed E-state index contributed by atoms with van der Waals surface area (Å²) in [6.07, 6.45) is 7.25. The van der Waals surface area contributed by atoms with Crippen molar-refractivity contribution in [1.29, 1.82) is 15.8 Å². The number of halogens is 1. The summed E-state index contributed by atoms with van der Waals surface area (Å²) in [6, 6.07) is 61.9. The van der Waals surface area contributed by atoms with Crippen LogP contribution < -0.4 is 118 Å². The summed E-state index contributed by atoms with van der Waals surface area (Å²) >= 11 is 2.50. The maximum absolute atomic E-state index is 11.1. The molecule has 3 fully saturated rings. The van der Waals surface area contributed by atoms with Crippen LogP contribution in [0.3, 0.4) is 0 Å². The predicted molar refractivity (Wildman–Crippen MR) is 302 cm³/mol. The quantitative estimate of drug-likeness (QED) is 0.111. The minimum atomic E-state index is -1.53. The summed E-state index contributed by atoms with van der Waals surface area (Å²) in [5.41, 5.74) is 6.88. The normalized spacial score (nSPS) is 13.7. The molecule has 3 heterocycles. The van der Waals surface area contributed by atoms with Crippen molar-refractivity contribution < 1.29 is 98.6 Å². The monoisotopic (exact) mass is 1140 g/mol. The molecule has 366 valence electrons. The Balaban J connectivity index is 0.000000929. The number of carbonyl (C=O) groups is 1. The van der Waals surface area contributed by atoms with Crippen molar-refractivity contribution in [3.8, 4) is 18.2 Å². The van der Waals surface area contributed by atoms with Crippen LogP contribution in [-0.2, 0) is 4.79 Å². The van der Waals surface area contributed by atoms with E-state index in [0.717, 1.165) is 88.3 Å². The zero-order chi connectivity index (χ0) is 51.3. The molecule has 3 aliphatic heterocycles. The van der Waals surface area contributed by atoms with Gasteiger partial charge in [-0.1, -0.05) is 80.1 Å². The summed E-state index contributed by atoms with van der Waals surface area (Å²) in [6.45, 7) is 17.6. The summed E-state index contributed by atoms with van der Waals surface area (Å²) in [5, 5.41) is 39.7. The molecule has 0 spiro atoms. The number of nitrogens with zero attached hydrogens (tertiary/aromatic N) is 6. The number of Topliss-reactive ketones (excluding diaryl/α,β-unsaturated/α-hetero) is 1. The second kappa shape index (κ2) is 41.1. The number of hydrogen-bond donors (Lipinski definition) is 1. The minimum Gasteiger partial charge on any atom is 1.00 e. The first kappa shape index (κ1) is 71.0. The molecule has 1 N–H and O–H groups in total. The number of nitriles is 3. The molecule has 14 heteroatoms. The van der Waals surface area contributed by atoms with Crippen LogP contribution in [0.5, 0.6) is 0 Å². The molecule has 0 amide bonds. The Bertz CT molecular complexity index is 2420. The number of ketones is 1. The van der Waals surface area contributed by atoms with Crippen molar-refractivity contribution in [1.82, 2.24) is 0 Å². The van der Waals surface area contributed by atoms with E-state index < -0.39 is 7.26 Å². The van der Waals surface area contributed by atoms with Crippen LogP contribution in [0.4, 0.5) is 17.1 Å². The van der Waals surface area contributed by atoms with Crippen molar-refractivity contribution in [3.63, 3.8) is 0 Å². The van der Waals surface area contributed by atoms with Crippen molar-refractivity contribution >= 4 is 109 Å². The summed E-state index contributed by atoms with van der Waals surface area (Å²) in [5.74, 6) is 0.347. The molecule has 0 aliphatic carbocycles. The van der Waals surface area contributed by atoms with Crippen molar-refractivity contribution in [3.05, 3.63) is 200 Å². The topological polar surface area (TPSA) is 118 Å². The maximum atomic E-state index is 11.1. The predicted octanol–water partition coefficient (Wildman–Crippen LogP) is 1.56. The maximum Gasteiger partial charge on any atom is 1.00 e. The Hall–Kier alpha value is -1.02. The van der Waals surface area contributed by atoms with E-state index in [9.17, 15) is 9.90 Å². The zero-order valence-corrected chi connectivity index (χ0v) is 56.7. The smallest absolute Gasteiger partial charge is 1.00 e. The fourth-order valence-electron chi connectivity index (χ4n) is 8.09. The Morgan fingerprint density at radius 2 is 0.851 bits per heavy atom. The van der Waals surface area contributed by atoms with Crippen molar-refractivity contribution in [2.24, 2.45) is 0 Å². The largest absolute Gasteiger partial charge is 1.00 e. The van der Waals surface area contributed by atoms with Gasteiger partial charge in [-0.25, -0.2) is 0 Å². The van der Waals surface area contributed by atoms with Crippen molar-refractivity contribution in [2.45, 2.75) is 64.4 Å². The summed E-state index contributed by atoms with van der Waals surface area (Å²) in [4.78, 5) is 17.8. The van der Waals surface area contributed by atoms with E-state index in [4.69, 9.17) is 15.8 Å². The summed E-state index contributed by atoms with van der Waals surface area (Å²) in [7, 11) is -1.53. The molecule has 0 aromatic heterocycles. The van der Waals surface area contributed by atoms with E-state index >= 15 is 0 Å². The number of unbranched alkanes of at least 4 members (excludes halogenated alkanes) is 1. The molecule has 3 aliphatic rings. The van der Waals surface area contributed by atoms with Crippen LogP contribution >= 0.6 is 7.26 Å². The number of carbonyl (C=O) groups excluding carboxylic acids is 1. The average Bonchev–Trinajstić information content (AvgIpc) is 3.45. The van der Waals surface area contributed by atoms with E-state index in [1.165, 1.54) is 96.7 Å². The van der Waals surface area contributed by atoms with Gasteiger partial charge in [0.15, 0.2) is 0 Å². The van der Waals surface area contributed by atoms with Crippen LogP contribution in [-0.4, -0.2) is 126 Å². The molecular weight excluding hydrogens is 1070 g/mol. The Labute approximate surface area is 556 Å². The van der Waals surface area contributed by atoms with E-state index in [1.54, 1.807) is 0 Å². The first-order valence-electron chi connectivity index (χ1n) is 25.1. The Morgan fingerprint density at radius 1 is 0.581 bits per heavy atom. The van der Waals surface area contributed by atoms with Gasteiger partial charge in [-0.3, -0.25) is 4.79 Å². The van der Waals surface area contributed by atoms with Crippen LogP contribution in [0.15, 0.2) is 176 Å². The number of benzene rings is 6. The molecular formula is C60H68BrK3LiN6O2P. The Kier molecular flexibility index (Phi) is 39.4. The molecule has 74 heavy (non-hydrogen) atoms. The molecule has 3 saturated heterocycles. The van der Waals surface area contributed by atoms with E-state index in [0.29, 0.717) is 29.8 Å². The fraction of sp³-hybridized carbons (Fsp3) is 0.283. The third-order valence-corrected chi connectivity index (χ3v) is 16.5. The number of hydrogen-bond acceptors (Lipinski definition) is 8. The molecule has 0 saturated carbocycles. The van der Waals surface area contributed by atoms with Crippen LogP contribution in [0.25, 0.3) is 0 Å². The fourth-order valence-corrected chi connectivity index (χ4v) is 11.3. The van der Waals surface area contributed by atoms with Gasteiger partial charge in [-0.15, -0.1) is 0 Å². The molecule has 6 aromatic carbocycles. The third kappa shape index (κ3) is 24.1. The molecule has 0 atom stereocenters. The number of rotatable bonds is 7. The Morgan fingerprint density at radius 3 is 1.12 bits per heavy atom. The first-order valence-corrected chi connectivity index (χ1v) is 43.3. The van der Waals surface area contributed by atoms with Crippen LogP contribution in [0.2, 0.25) is 0 Å². The molecule has 0 unspecified atom stereocenters. The molecule has 0 bridgehead atoms. The molecule has 8 nitrogen and oxygen atoms in total. The van der Waals surface area contributed by atoms with Crippen molar-refractivity contribution in [2.75, 3.05) is 60.6 Å². The number of aliphatic hydroxyl groups excluding tert-OH is 1. The van der Waals surface area contributed by atoms with Gasteiger partial charge < -0.3 is 45.1 Å². The molecule has 9 rings (SSSR count).